The van der Waals surface area contributed by atoms with E-state index in [1.807, 2.05) is 19.1 Å². The molecule has 0 atom stereocenters. The largest absolute Gasteiger partial charge is 0.494 e. The molecule has 0 heterocycles. The summed E-state index contributed by atoms with van der Waals surface area (Å²) in [7, 11) is -3.58. The lowest BCUT2D eigenvalue weighted by Gasteiger charge is -2.22. The molecule has 1 N–H and O–H groups in total. The number of benzene rings is 2. The van der Waals surface area contributed by atoms with E-state index in [1.165, 1.54) is 37.7 Å². The summed E-state index contributed by atoms with van der Waals surface area (Å²) >= 11 is 0. The van der Waals surface area contributed by atoms with Crippen LogP contribution in [0.5, 0.6) is 5.75 Å². The number of ether oxygens (including phenoxy) is 1. The summed E-state index contributed by atoms with van der Waals surface area (Å²) in [4.78, 5) is 0.293. The number of sulfonamides is 1. The third-order valence-corrected chi connectivity index (χ3v) is 6.08. The minimum atomic E-state index is -3.58. The van der Waals surface area contributed by atoms with Gasteiger partial charge in [-0.15, -0.1) is 0 Å². The molecule has 0 unspecified atom stereocenters. The second-order valence-corrected chi connectivity index (χ2v) is 8.15. The van der Waals surface area contributed by atoms with Crippen LogP contribution in [0.25, 0.3) is 0 Å². The first-order valence-electron chi connectivity index (χ1n) is 8.94. The fourth-order valence-electron chi connectivity index (χ4n) is 3.36. The van der Waals surface area contributed by atoms with Crippen LogP contribution >= 0.6 is 0 Å². The molecule has 1 aliphatic rings. The van der Waals surface area contributed by atoms with Crippen LogP contribution in [-0.4, -0.2) is 15.0 Å². The zero-order valence-electron chi connectivity index (χ0n) is 14.6. The molecule has 0 saturated heterocycles. The lowest BCUT2D eigenvalue weighted by Crippen LogP contribution is -2.13. The Balaban J connectivity index is 1.70. The number of anilines is 1. The molecule has 0 spiro atoms. The van der Waals surface area contributed by atoms with Crippen molar-refractivity contribution in [2.24, 2.45) is 0 Å². The van der Waals surface area contributed by atoms with E-state index in [0.29, 0.717) is 23.1 Å². The first-order valence-corrected chi connectivity index (χ1v) is 10.4. The topological polar surface area (TPSA) is 55.4 Å². The van der Waals surface area contributed by atoms with Gasteiger partial charge in [0.1, 0.15) is 5.75 Å². The van der Waals surface area contributed by atoms with E-state index in [0.717, 1.165) is 5.75 Å². The minimum Gasteiger partial charge on any atom is -0.494 e. The van der Waals surface area contributed by atoms with Gasteiger partial charge >= 0.3 is 0 Å². The van der Waals surface area contributed by atoms with Crippen molar-refractivity contribution in [1.29, 1.82) is 0 Å². The normalized spacial score (nSPS) is 15.7. The average molecular weight is 359 g/mol. The molecule has 0 radical (unpaired) electrons. The van der Waals surface area contributed by atoms with E-state index in [4.69, 9.17) is 4.74 Å². The van der Waals surface area contributed by atoms with E-state index in [-0.39, 0.29) is 0 Å². The summed E-state index contributed by atoms with van der Waals surface area (Å²) in [6.07, 6.45) is 6.26. The van der Waals surface area contributed by atoms with E-state index in [9.17, 15) is 8.42 Å². The van der Waals surface area contributed by atoms with Gasteiger partial charge in [-0.2, -0.15) is 0 Å². The number of nitrogens with one attached hydrogen (secondary N) is 1. The van der Waals surface area contributed by atoms with Crippen LogP contribution in [0.2, 0.25) is 0 Å². The van der Waals surface area contributed by atoms with Crippen LogP contribution in [0.4, 0.5) is 5.69 Å². The van der Waals surface area contributed by atoms with Crippen molar-refractivity contribution < 1.29 is 13.2 Å². The van der Waals surface area contributed by atoms with Crippen molar-refractivity contribution in [1.82, 2.24) is 0 Å². The molecule has 2 aromatic carbocycles. The molecule has 1 fully saturated rings. The Hall–Kier alpha value is -2.01. The molecule has 0 amide bonds. The second kappa shape index (κ2) is 7.91. The highest BCUT2D eigenvalue weighted by molar-refractivity contribution is 7.92. The summed E-state index contributed by atoms with van der Waals surface area (Å²) in [6.45, 7) is 2.49. The minimum absolute atomic E-state index is 0.293. The van der Waals surface area contributed by atoms with Crippen LogP contribution in [0.3, 0.4) is 0 Å². The molecule has 4 nitrogen and oxygen atoms in total. The Bertz CT molecular complexity index is 777. The Labute approximate surface area is 150 Å². The van der Waals surface area contributed by atoms with Gasteiger partial charge in [-0.1, -0.05) is 31.4 Å². The van der Waals surface area contributed by atoms with Gasteiger partial charge in [-0.3, -0.25) is 4.72 Å². The predicted octanol–water partition coefficient (Wildman–Crippen LogP) is 4.93. The van der Waals surface area contributed by atoms with Crippen molar-refractivity contribution in [3.8, 4) is 5.75 Å². The third kappa shape index (κ3) is 4.54. The van der Waals surface area contributed by atoms with E-state index in [2.05, 4.69) is 4.72 Å². The van der Waals surface area contributed by atoms with E-state index in [1.54, 1.807) is 36.4 Å². The van der Waals surface area contributed by atoms with Crippen LogP contribution in [0.1, 0.15) is 50.5 Å². The van der Waals surface area contributed by atoms with Gasteiger partial charge in [-0.05, 0) is 67.6 Å². The van der Waals surface area contributed by atoms with Crippen molar-refractivity contribution in [2.75, 3.05) is 11.3 Å². The van der Waals surface area contributed by atoms with Crippen molar-refractivity contribution >= 4 is 15.7 Å². The second-order valence-electron chi connectivity index (χ2n) is 6.47. The van der Waals surface area contributed by atoms with Crippen LogP contribution < -0.4 is 9.46 Å². The van der Waals surface area contributed by atoms with Crippen molar-refractivity contribution in [3.63, 3.8) is 0 Å². The first-order chi connectivity index (χ1) is 12.1. The Kier molecular flexibility index (Phi) is 5.63. The Morgan fingerprint density at radius 2 is 1.60 bits per heavy atom. The van der Waals surface area contributed by atoms with Gasteiger partial charge in [0.25, 0.3) is 10.0 Å². The Morgan fingerprint density at radius 3 is 2.20 bits per heavy atom. The lowest BCUT2D eigenvalue weighted by molar-refractivity contribution is 0.340. The lowest BCUT2D eigenvalue weighted by atomic mass is 9.84. The van der Waals surface area contributed by atoms with Gasteiger partial charge in [0.2, 0.25) is 0 Å². The molecule has 1 saturated carbocycles. The summed E-state index contributed by atoms with van der Waals surface area (Å²) in [5.41, 5.74) is 1.78. The zero-order chi connectivity index (χ0) is 17.7. The average Bonchev–Trinajstić information content (AvgIpc) is 2.64. The zero-order valence-corrected chi connectivity index (χ0v) is 15.4. The van der Waals surface area contributed by atoms with Gasteiger partial charge in [-0.25, -0.2) is 8.42 Å². The summed E-state index contributed by atoms with van der Waals surface area (Å²) in [6, 6.07) is 14.3. The third-order valence-electron chi connectivity index (χ3n) is 4.68. The molecule has 1 aliphatic carbocycles. The molecule has 3 rings (SSSR count). The summed E-state index contributed by atoms with van der Waals surface area (Å²) in [5, 5.41) is 0. The fourth-order valence-corrected chi connectivity index (χ4v) is 4.41. The van der Waals surface area contributed by atoms with E-state index < -0.39 is 10.0 Å². The number of hydrogen-bond donors (Lipinski definition) is 1. The molecular formula is C20H25NO3S. The first kappa shape index (κ1) is 17.8. The fraction of sp³-hybridized carbons (Fsp3) is 0.400. The predicted molar refractivity (Wildman–Crippen MR) is 101 cm³/mol. The molecule has 25 heavy (non-hydrogen) atoms. The van der Waals surface area contributed by atoms with Crippen molar-refractivity contribution in [3.05, 3.63) is 54.1 Å². The quantitative estimate of drug-likeness (QED) is 0.795. The molecule has 0 aliphatic heterocycles. The maximum atomic E-state index is 12.6. The summed E-state index contributed by atoms with van der Waals surface area (Å²) in [5.74, 6) is 1.30. The Morgan fingerprint density at radius 1 is 0.960 bits per heavy atom. The molecule has 0 aromatic heterocycles. The smallest absolute Gasteiger partial charge is 0.261 e. The van der Waals surface area contributed by atoms with Gasteiger partial charge in [0.15, 0.2) is 0 Å². The monoisotopic (exact) mass is 359 g/mol. The summed E-state index contributed by atoms with van der Waals surface area (Å²) < 4.78 is 33.1. The molecule has 2 aromatic rings. The highest BCUT2D eigenvalue weighted by Gasteiger charge is 2.18. The molecule has 0 bridgehead atoms. The van der Waals surface area contributed by atoms with Crippen molar-refractivity contribution in [2.45, 2.75) is 49.8 Å². The SMILES string of the molecule is CCOc1ccc(NS(=O)(=O)c2ccc(C3CCCCC3)cc2)cc1. The maximum Gasteiger partial charge on any atom is 0.261 e. The van der Waals surface area contributed by atoms with Crippen LogP contribution in [0, 0.1) is 0 Å². The highest BCUT2D eigenvalue weighted by Crippen LogP contribution is 2.33. The molecule has 134 valence electrons. The highest BCUT2D eigenvalue weighted by atomic mass is 32.2. The van der Waals surface area contributed by atoms with Gasteiger partial charge in [0.05, 0.1) is 11.5 Å². The maximum absolute atomic E-state index is 12.6. The van der Waals surface area contributed by atoms with Gasteiger partial charge < -0.3 is 4.74 Å². The van der Waals surface area contributed by atoms with Crippen LogP contribution in [-0.2, 0) is 10.0 Å². The van der Waals surface area contributed by atoms with Crippen LogP contribution in [0.15, 0.2) is 53.4 Å². The molecular weight excluding hydrogens is 334 g/mol. The van der Waals surface area contributed by atoms with E-state index >= 15 is 0 Å². The number of rotatable bonds is 6. The standard InChI is InChI=1S/C20H25NO3S/c1-2-24-19-12-10-18(11-13-19)21-25(22,23)20-14-8-17(9-15-20)16-6-4-3-5-7-16/h8-16,21H,2-7H2,1H3. The molecule has 5 heteroatoms. The van der Waals surface area contributed by atoms with Gasteiger partial charge in [0, 0.05) is 5.69 Å². The number of hydrogen-bond acceptors (Lipinski definition) is 3.